The minimum atomic E-state index is 1.02. The van der Waals surface area contributed by atoms with Crippen molar-refractivity contribution in [3.05, 3.63) is 54.9 Å². The average molecular weight is 253 g/mol. The highest BCUT2D eigenvalue weighted by Gasteiger charge is 2.15. The van der Waals surface area contributed by atoms with Crippen LogP contribution in [0.3, 0.4) is 0 Å². The molecule has 0 atom stereocenters. The minimum absolute atomic E-state index is 1.02. The molecule has 0 saturated heterocycles. The second-order valence-electron chi connectivity index (χ2n) is 4.02. The summed E-state index contributed by atoms with van der Waals surface area (Å²) in [5.74, 6) is 0. The number of rotatable bonds is 1. The van der Waals surface area contributed by atoms with Crippen LogP contribution < -0.4 is 4.07 Å². The van der Waals surface area contributed by atoms with Crippen molar-refractivity contribution in [1.82, 2.24) is 14.7 Å². The van der Waals surface area contributed by atoms with Gasteiger partial charge < -0.3 is 0 Å². The van der Waals surface area contributed by atoms with Crippen LogP contribution >= 0.6 is 11.5 Å². The Bertz CT molecular complexity index is 813. The van der Waals surface area contributed by atoms with Crippen molar-refractivity contribution in [3.8, 4) is 5.69 Å². The second kappa shape index (κ2) is 3.61. The van der Waals surface area contributed by atoms with Crippen molar-refractivity contribution in [2.45, 2.75) is 0 Å². The molecule has 0 aliphatic carbocycles. The van der Waals surface area contributed by atoms with Crippen LogP contribution in [0.25, 0.3) is 21.4 Å². The first-order valence-electron chi connectivity index (χ1n) is 5.62. The maximum atomic E-state index is 4.57. The molecule has 0 amide bonds. The Kier molecular flexibility index (Phi) is 1.95. The van der Waals surface area contributed by atoms with Gasteiger partial charge in [-0.1, -0.05) is 12.1 Å². The molecule has 0 saturated carbocycles. The van der Waals surface area contributed by atoms with E-state index in [1.807, 2.05) is 45.1 Å². The van der Waals surface area contributed by atoms with Crippen LogP contribution in [0.2, 0.25) is 0 Å². The summed E-state index contributed by atoms with van der Waals surface area (Å²) in [4.78, 5) is 0. The normalized spacial score (nSPS) is 11.3. The lowest BCUT2D eigenvalue weighted by atomic mass is 10.3. The largest absolute Gasteiger partial charge is 0.271 e. The molecule has 4 nitrogen and oxygen atoms in total. The predicted octanol–water partition coefficient (Wildman–Crippen LogP) is 2.22. The summed E-state index contributed by atoms with van der Waals surface area (Å²) < 4.78 is 4.96. The van der Waals surface area contributed by atoms with Crippen LogP contribution in [0.4, 0.5) is 0 Å². The average Bonchev–Trinajstić information content (AvgIpc) is 3.04. The third-order valence-electron chi connectivity index (χ3n) is 2.85. The van der Waals surface area contributed by atoms with E-state index >= 15 is 0 Å². The van der Waals surface area contributed by atoms with Crippen molar-refractivity contribution in [2.24, 2.45) is 0 Å². The lowest BCUT2D eigenvalue weighted by molar-refractivity contribution is -0.586. The first-order valence-corrected chi connectivity index (χ1v) is 6.40. The van der Waals surface area contributed by atoms with Crippen molar-refractivity contribution >= 4 is 27.3 Å². The Morgan fingerprint density at radius 2 is 2.00 bits per heavy atom. The maximum absolute atomic E-state index is 4.57. The van der Waals surface area contributed by atoms with E-state index in [1.165, 1.54) is 4.70 Å². The first kappa shape index (κ1) is 9.73. The Labute approximate surface area is 107 Å². The highest BCUT2D eigenvalue weighted by molar-refractivity contribution is 7.09. The summed E-state index contributed by atoms with van der Waals surface area (Å²) in [6.45, 7) is 0. The van der Waals surface area contributed by atoms with Gasteiger partial charge in [0.2, 0.25) is 0 Å². The topological polar surface area (TPSA) is 34.1 Å². The third kappa shape index (κ3) is 1.41. The molecule has 0 aliphatic rings. The molecular weight excluding hydrogens is 244 g/mol. The van der Waals surface area contributed by atoms with Gasteiger partial charge in [-0.25, -0.2) is 4.52 Å². The number of hydrogen-bond acceptors (Lipinski definition) is 3. The van der Waals surface area contributed by atoms with E-state index in [2.05, 4.69) is 22.3 Å². The lowest BCUT2D eigenvalue weighted by Crippen LogP contribution is -2.28. The van der Waals surface area contributed by atoms with Gasteiger partial charge in [-0.15, -0.1) is 0 Å². The quantitative estimate of drug-likeness (QED) is 0.487. The zero-order valence-corrected chi connectivity index (χ0v) is 10.2. The van der Waals surface area contributed by atoms with Crippen LogP contribution in [0, 0.1) is 0 Å². The molecule has 18 heavy (non-hydrogen) atoms. The van der Waals surface area contributed by atoms with Crippen molar-refractivity contribution in [3.63, 3.8) is 0 Å². The highest BCUT2D eigenvalue weighted by atomic mass is 32.1. The molecule has 0 N–H and O–H groups in total. The van der Waals surface area contributed by atoms with E-state index in [-0.39, 0.29) is 0 Å². The van der Waals surface area contributed by atoms with E-state index < -0.39 is 0 Å². The summed E-state index contributed by atoms with van der Waals surface area (Å²) in [7, 11) is 0. The van der Waals surface area contributed by atoms with Crippen LogP contribution in [0.1, 0.15) is 0 Å². The van der Waals surface area contributed by atoms with Gasteiger partial charge >= 0.3 is 0 Å². The minimum Gasteiger partial charge on any atom is -0.234 e. The molecule has 86 valence electrons. The smallest absolute Gasteiger partial charge is 0.234 e. The van der Waals surface area contributed by atoms with E-state index in [0.717, 1.165) is 16.7 Å². The molecule has 0 bridgehead atoms. The van der Waals surface area contributed by atoms with Crippen molar-refractivity contribution in [1.29, 1.82) is 0 Å². The number of fused-ring (bicyclic) bond motifs is 2. The summed E-state index contributed by atoms with van der Waals surface area (Å²) >= 11 is 1.63. The molecule has 0 spiro atoms. The fourth-order valence-corrected chi connectivity index (χ4v) is 2.83. The monoisotopic (exact) mass is 253 g/mol. The SMILES string of the molecule is c1ccc2s[n+](-c3ccc4ccnn4c3)nc2c1. The van der Waals surface area contributed by atoms with Gasteiger partial charge in [-0.05, 0) is 24.3 Å². The zero-order chi connectivity index (χ0) is 11.9. The van der Waals surface area contributed by atoms with Crippen LogP contribution in [-0.4, -0.2) is 14.7 Å². The number of pyridine rings is 1. The summed E-state index contributed by atoms with van der Waals surface area (Å²) in [5, 5.41) is 8.81. The van der Waals surface area contributed by atoms with Gasteiger partial charge in [-0.3, -0.25) is 0 Å². The Balaban J connectivity index is 1.94. The molecule has 4 aromatic rings. The van der Waals surface area contributed by atoms with Crippen molar-refractivity contribution < 1.29 is 4.07 Å². The Hall–Kier alpha value is -2.27. The molecule has 0 fully saturated rings. The van der Waals surface area contributed by atoms with E-state index in [9.17, 15) is 0 Å². The summed E-state index contributed by atoms with van der Waals surface area (Å²) in [5.41, 5.74) is 3.12. The van der Waals surface area contributed by atoms with Gasteiger partial charge in [-0.2, -0.15) is 5.10 Å². The van der Waals surface area contributed by atoms with E-state index in [4.69, 9.17) is 0 Å². The first-order chi connectivity index (χ1) is 8.90. The molecule has 0 unspecified atom stereocenters. The number of benzene rings is 1. The second-order valence-corrected chi connectivity index (χ2v) is 4.99. The fourth-order valence-electron chi connectivity index (χ4n) is 1.96. The van der Waals surface area contributed by atoms with Crippen LogP contribution in [-0.2, 0) is 0 Å². The standard InChI is InChI=1S/C13H9N4S/c1-2-4-13-12(3-1)15-17(18-13)11-6-5-10-7-8-14-16(10)9-11/h1-9H/q+1. The number of hydrogen-bond donors (Lipinski definition) is 0. The third-order valence-corrected chi connectivity index (χ3v) is 3.86. The lowest BCUT2D eigenvalue weighted by Gasteiger charge is -1.91. The van der Waals surface area contributed by atoms with Gasteiger partial charge in [0, 0.05) is 21.4 Å². The van der Waals surface area contributed by atoms with Gasteiger partial charge in [0.1, 0.15) is 10.9 Å². The van der Waals surface area contributed by atoms with Crippen LogP contribution in [0.5, 0.6) is 0 Å². The summed E-state index contributed by atoms with van der Waals surface area (Å²) in [6, 6.07) is 14.2. The molecular formula is C13H9N4S+. The summed E-state index contributed by atoms with van der Waals surface area (Å²) in [6.07, 6.45) is 3.78. The maximum Gasteiger partial charge on any atom is 0.271 e. The fraction of sp³-hybridized carbons (Fsp3) is 0. The van der Waals surface area contributed by atoms with Crippen molar-refractivity contribution in [2.75, 3.05) is 0 Å². The zero-order valence-electron chi connectivity index (χ0n) is 9.39. The van der Waals surface area contributed by atoms with Gasteiger partial charge in [0.15, 0.2) is 17.0 Å². The molecule has 4 rings (SSSR count). The number of nitrogens with zero attached hydrogens (tertiary/aromatic N) is 4. The molecule has 0 aliphatic heterocycles. The van der Waals surface area contributed by atoms with Gasteiger partial charge in [0.25, 0.3) is 5.69 Å². The molecule has 5 heteroatoms. The predicted molar refractivity (Wildman–Crippen MR) is 69.9 cm³/mol. The highest BCUT2D eigenvalue weighted by Crippen LogP contribution is 2.15. The van der Waals surface area contributed by atoms with Gasteiger partial charge in [0.05, 0.1) is 5.52 Å². The van der Waals surface area contributed by atoms with Crippen LogP contribution in [0.15, 0.2) is 54.9 Å². The molecule has 1 aromatic carbocycles. The van der Waals surface area contributed by atoms with E-state index in [0.29, 0.717) is 0 Å². The molecule has 3 heterocycles. The number of aromatic nitrogens is 4. The Morgan fingerprint density at radius 3 is 2.94 bits per heavy atom. The molecule has 0 radical (unpaired) electrons. The molecule has 3 aromatic heterocycles. The van der Waals surface area contributed by atoms with E-state index in [1.54, 1.807) is 17.7 Å². The Morgan fingerprint density at radius 1 is 1.06 bits per heavy atom.